The molecule has 0 amide bonds. The van der Waals surface area contributed by atoms with E-state index in [1.807, 2.05) is 13.8 Å². The fourth-order valence-corrected chi connectivity index (χ4v) is 2.81. The molecule has 1 saturated carbocycles. The standard InChI is InChI=1S/C14H29NO/c1-6-12(2,3)11-7-9-14(16,10-8-11)13(4,5)15/h11,16H,6-10,15H2,1-5H3. The maximum atomic E-state index is 10.5. The summed E-state index contributed by atoms with van der Waals surface area (Å²) in [6.07, 6.45) is 5.13. The van der Waals surface area contributed by atoms with E-state index in [0.29, 0.717) is 5.41 Å². The van der Waals surface area contributed by atoms with Crippen molar-refractivity contribution in [2.45, 2.75) is 77.9 Å². The summed E-state index contributed by atoms with van der Waals surface area (Å²) in [5, 5.41) is 10.5. The zero-order valence-electron chi connectivity index (χ0n) is 11.6. The minimum absolute atomic E-state index is 0.403. The molecule has 1 fully saturated rings. The Hall–Kier alpha value is -0.0800. The second-order valence-electron chi connectivity index (χ2n) is 6.87. The highest BCUT2D eigenvalue weighted by Gasteiger charge is 2.45. The molecule has 2 nitrogen and oxygen atoms in total. The molecule has 1 rings (SSSR count). The fourth-order valence-electron chi connectivity index (χ4n) is 2.81. The van der Waals surface area contributed by atoms with E-state index >= 15 is 0 Å². The summed E-state index contributed by atoms with van der Waals surface area (Å²) in [7, 11) is 0. The summed E-state index contributed by atoms with van der Waals surface area (Å²) in [5.41, 5.74) is 5.35. The van der Waals surface area contributed by atoms with Gasteiger partial charge in [0.2, 0.25) is 0 Å². The lowest BCUT2D eigenvalue weighted by atomic mass is 9.63. The number of hydrogen-bond donors (Lipinski definition) is 2. The normalized spacial score (nSPS) is 32.8. The minimum Gasteiger partial charge on any atom is -0.388 e. The summed E-state index contributed by atoms with van der Waals surface area (Å²) in [6, 6.07) is 0. The third-order valence-electron chi connectivity index (χ3n) is 5.03. The van der Waals surface area contributed by atoms with Crippen molar-refractivity contribution < 1.29 is 5.11 Å². The summed E-state index contributed by atoms with van der Waals surface area (Å²) in [6.45, 7) is 10.8. The molecule has 16 heavy (non-hydrogen) atoms. The van der Waals surface area contributed by atoms with Gasteiger partial charge in [0.25, 0.3) is 0 Å². The maximum absolute atomic E-state index is 10.5. The van der Waals surface area contributed by atoms with E-state index in [9.17, 15) is 5.11 Å². The van der Waals surface area contributed by atoms with Crippen molar-refractivity contribution in [1.82, 2.24) is 0 Å². The lowest BCUT2D eigenvalue weighted by Gasteiger charge is -2.48. The van der Waals surface area contributed by atoms with Crippen molar-refractivity contribution in [2.24, 2.45) is 17.1 Å². The Morgan fingerprint density at radius 1 is 1.19 bits per heavy atom. The predicted molar refractivity (Wildman–Crippen MR) is 69.2 cm³/mol. The van der Waals surface area contributed by atoms with Crippen molar-refractivity contribution in [3.63, 3.8) is 0 Å². The van der Waals surface area contributed by atoms with Crippen LogP contribution in [0.5, 0.6) is 0 Å². The molecule has 0 unspecified atom stereocenters. The third-order valence-corrected chi connectivity index (χ3v) is 5.03. The first-order chi connectivity index (χ1) is 7.12. The highest BCUT2D eigenvalue weighted by atomic mass is 16.3. The van der Waals surface area contributed by atoms with Crippen molar-refractivity contribution in [2.75, 3.05) is 0 Å². The molecule has 96 valence electrons. The number of hydrogen-bond acceptors (Lipinski definition) is 2. The van der Waals surface area contributed by atoms with E-state index in [4.69, 9.17) is 5.73 Å². The van der Waals surface area contributed by atoms with Crippen LogP contribution in [0, 0.1) is 11.3 Å². The van der Waals surface area contributed by atoms with Gasteiger partial charge in [0.15, 0.2) is 0 Å². The minimum atomic E-state index is -0.659. The molecule has 0 radical (unpaired) electrons. The van der Waals surface area contributed by atoms with Gasteiger partial charge in [-0.1, -0.05) is 27.2 Å². The van der Waals surface area contributed by atoms with Gasteiger partial charge in [-0.3, -0.25) is 0 Å². The van der Waals surface area contributed by atoms with Gasteiger partial charge in [-0.2, -0.15) is 0 Å². The van der Waals surface area contributed by atoms with E-state index in [1.54, 1.807) is 0 Å². The Morgan fingerprint density at radius 2 is 1.62 bits per heavy atom. The van der Waals surface area contributed by atoms with Crippen LogP contribution in [-0.2, 0) is 0 Å². The van der Waals surface area contributed by atoms with Gasteiger partial charge < -0.3 is 10.8 Å². The molecule has 0 spiro atoms. The summed E-state index contributed by atoms with van der Waals surface area (Å²) >= 11 is 0. The molecule has 3 N–H and O–H groups in total. The van der Waals surface area contributed by atoms with Crippen LogP contribution in [0.2, 0.25) is 0 Å². The lowest BCUT2D eigenvalue weighted by molar-refractivity contribution is -0.0734. The van der Waals surface area contributed by atoms with Crippen LogP contribution in [-0.4, -0.2) is 16.2 Å². The van der Waals surface area contributed by atoms with Crippen LogP contribution in [0.15, 0.2) is 0 Å². The number of nitrogens with two attached hydrogens (primary N) is 1. The Labute approximate surface area is 101 Å². The molecular weight excluding hydrogens is 198 g/mol. The van der Waals surface area contributed by atoms with Crippen molar-refractivity contribution in [1.29, 1.82) is 0 Å². The lowest BCUT2D eigenvalue weighted by Crippen LogP contribution is -2.58. The highest BCUT2D eigenvalue weighted by Crippen LogP contribution is 2.45. The molecule has 0 aromatic carbocycles. The molecule has 1 aliphatic rings. The van der Waals surface area contributed by atoms with Crippen molar-refractivity contribution in [3.8, 4) is 0 Å². The molecular formula is C14H29NO. The van der Waals surface area contributed by atoms with Crippen LogP contribution in [0.1, 0.15) is 66.7 Å². The number of rotatable bonds is 3. The van der Waals surface area contributed by atoms with E-state index in [0.717, 1.165) is 31.6 Å². The van der Waals surface area contributed by atoms with Gasteiger partial charge in [-0.05, 0) is 50.9 Å². The summed E-state index contributed by atoms with van der Waals surface area (Å²) in [5.74, 6) is 0.736. The fraction of sp³-hybridized carbons (Fsp3) is 1.00. The van der Waals surface area contributed by atoms with E-state index in [1.165, 1.54) is 6.42 Å². The summed E-state index contributed by atoms with van der Waals surface area (Å²) < 4.78 is 0. The van der Waals surface area contributed by atoms with E-state index in [2.05, 4.69) is 20.8 Å². The average molecular weight is 227 g/mol. The molecule has 0 bridgehead atoms. The first-order valence-electron chi connectivity index (χ1n) is 6.64. The maximum Gasteiger partial charge on any atom is 0.0821 e. The Morgan fingerprint density at radius 3 is 1.94 bits per heavy atom. The van der Waals surface area contributed by atoms with Crippen LogP contribution >= 0.6 is 0 Å². The second kappa shape index (κ2) is 4.30. The number of aliphatic hydroxyl groups is 1. The topological polar surface area (TPSA) is 46.2 Å². The predicted octanol–water partition coefficient (Wildman–Crippen LogP) is 3.08. The summed E-state index contributed by atoms with van der Waals surface area (Å²) in [4.78, 5) is 0. The van der Waals surface area contributed by atoms with Crippen LogP contribution in [0.25, 0.3) is 0 Å². The van der Waals surface area contributed by atoms with Crippen LogP contribution < -0.4 is 5.73 Å². The third kappa shape index (κ3) is 2.60. The zero-order valence-corrected chi connectivity index (χ0v) is 11.6. The van der Waals surface area contributed by atoms with Crippen LogP contribution in [0.3, 0.4) is 0 Å². The first-order valence-corrected chi connectivity index (χ1v) is 6.64. The van der Waals surface area contributed by atoms with E-state index in [-0.39, 0.29) is 0 Å². The molecule has 0 aromatic heterocycles. The zero-order chi connectivity index (χ0) is 12.6. The second-order valence-corrected chi connectivity index (χ2v) is 6.87. The molecule has 0 aliphatic heterocycles. The first kappa shape index (κ1) is 14.0. The monoisotopic (exact) mass is 227 g/mol. The van der Waals surface area contributed by atoms with Gasteiger partial charge in [0.1, 0.15) is 0 Å². The molecule has 0 saturated heterocycles. The van der Waals surface area contributed by atoms with Crippen LogP contribution in [0.4, 0.5) is 0 Å². The average Bonchev–Trinajstić information content (AvgIpc) is 2.17. The Kier molecular flexibility index (Phi) is 3.76. The van der Waals surface area contributed by atoms with Gasteiger partial charge in [-0.15, -0.1) is 0 Å². The molecule has 1 aliphatic carbocycles. The van der Waals surface area contributed by atoms with E-state index < -0.39 is 11.1 Å². The Balaban J connectivity index is 2.65. The van der Waals surface area contributed by atoms with Gasteiger partial charge in [0.05, 0.1) is 5.60 Å². The molecule has 0 heterocycles. The SMILES string of the molecule is CCC(C)(C)C1CCC(O)(C(C)(C)N)CC1. The van der Waals surface area contributed by atoms with Gasteiger partial charge >= 0.3 is 0 Å². The molecule has 2 heteroatoms. The van der Waals surface area contributed by atoms with Crippen molar-refractivity contribution >= 4 is 0 Å². The highest BCUT2D eigenvalue weighted by molar-refractivity contribution is 5.01. The quantitative estimate of drug-likeness (QED) is 0.778. The van der Waals surface area contributed by atoms with Gasteiger partial charge in [-0.25, -0.2) is 0 Å². The Bertz CT molecular complexity index is 232. The molecule has 0 atom stereocenters. The largest absolute Gasteiger partial charge is 0.388 e. The van der Waals surface area contributed by atoms with Gasteiger partial charge in [0, 0.05) is 5.54 Å². The smallest absolute Gasteiger partial charge is 0.0821 e. The molecule has 0 aromatic rings. The van der Waals surface area contributed by atoms with Crippen molar-refractivity contribution in [3.05, 3.63) is 0 Å².